The van der Waals surface area contributed by atoms with Crippen LogP contribution in [-0.4, -0.2) is 56.8 Å². The number of hydrogen-bond donors (Lipinski definition) is 5. The summed E-state index contributed by atoms with van der Waals surface area (Å²) in [6, 6.07) is -1.06. The first-order valence-corrected chi connectivity index (χ1v) is 4.29. The zero-order chi connectivity index (χ0) is 14.0. The van der Waals surface area contributed by atoms with Crippen molar-refractivity contribution in [2.24, 2.45) is 5.73 Å². The van der Waals surface area contributed by atoms with Crippen LogP contribution in [0.3, 0.4) is 0 Å². The quantitative estimate of drug-likeness (QED) is 0.331. The van der Waals surface area contributed by atoms with Crippen molar-refractivity contribution < 1.29 is 39.6 Å². The van der Waals surface area contributed by atoms with Gasteiger partial charge in [0.2, 0.25) is 0 Å². The predicted molar refractivity (Wildman–Crippen MR) is 52.2 cm³/mol. The highest BCUT2D eigenvalue weighted by atomic mass is 16.4. The second kappa shape index (κ2) is 9.24. The lowest BCUT2D eigenvalue weighted by Gasteiger charge is -2.01. The molecule has 0 aliphatic rings. The Kier molecular flexibility index (Phi) is 9.46. The maximum absolute atomic E-state index is 9.99. The number of aliphatic hydroxyl groups is 1. The molecule has 0 saturated heterocycles. The number of rotatable bonds is 6. The SMILES string of the molecule is N[C@@H](CCC(=O)O)C(=O)O.O=C(O)C(=O)CO. The van der Waals surface area contributed by atoms with Gasteiger partial charge in [0.05, 0.1) is 0 Å². The Morgan fingerprint density at radius 2 is 1.53 bits per heavy atom. The molecule has 0 aliphatic carbocycles. The summed E-state index contributed by atoms with van der Waals surface area (Å²) in [6.07, 6.45) is -0.224. The van der Waals surface area contributed by atoms with E-state index in [0.29, 0.717) is 0 Å². The van der Waals surface area contributed by atoms with E-state index in [2.05, 4.69) is 0 Å². The molecule has 1 atom stereocenters. The van der Waals surface area contributed by atoms with E-state index in [9.17, 15) is 19.2 Å². The maximum Gasteiger partial charge on any atom is 0.374 e. The molecular formula is C8H13NO8. The molecule has 0 bridgehead atoms. The summed E-state index contributed by atoms with van der Waals surface area (Å²) in [6.45, 7) is -0.921. The third-order valence-electron chi connectivity index (χ3n) is 1.37. The van der Waals surface area contributed by atoms with Crippen molar-refractivity contribution in [2.75, 3.05) is 6.61 Å². The Labute approximate surface area is 95.5 Å². The van der Waals surface area contributed by atoms with E-state index in [4.69, 9.17) is 26.2 Å². The average Bonchev–Trinajstić information content (AvgIpc) is 2.24. The highest BCUT2D eigenvalue weighted by Gasteiger charge is 2.12. The highest BCUT2D eigenvalue weighted by molar-refractivity contribution is 6.33. The maximum atomic E-state index is 9.99. The first-order valence-electron chi connectivity index (χ1n) is 4.29. The fraction of sp³-hybridized carbons (Fsp3) is 0.500. The molecule has 0 aliphatic heterocycles. The molecule has 0 heterocycles. The lowest BCUT2D eigenvalue weighted by atomic mass is 10.2. The first-order chi connectivity index (χ1) is 7.72. The summed E-state index contributed by atoms with van der Waals surface area (Å²) in [5, 5.41) is 31.7. The number of aliphatic carboxylic acids is 3. The summed E-state index contributed by atoms with van der Waals surface area (Å²) >= 11 is 0. The lowest BCUT2D eigenvalue weighted by molar-refractivity contribution is -0.150. The summed E-state index contributed by atoms with van der Waals surface area (Å²) in [5.74, 6) is -4.97. The van der Waals surface area contributed by atoms with Gasteiger partial charge in [0.15, 0.2) is 0 Å². The molecule has 17 heavy (non-hydrogen) atoms. The second-order valence-electron chi connectivity index (χ2n) is 2.76. The number of carbonyl (C=O) groups is 4. The van der Waals surface area contributed by atoms with Gasteiger partial charge in [-0.25, -0.2) is 4.79 Å². The molecule has 9 heteroatoms. The van der Waals surface area contributed by atoms with E-state index in [1.165, 1.54) is 0 Å². The lowest BCUT2D eigenvalue weighted by Crippen LogP contribution is -2.30. The van der Waals surface area contributed by atoms with Crippen LogP contribution in [0.1, 0.15) is 12.8 Å². The molecule has 0 saturated carbocycles. The van der Waals surface area contributed by atoms with Gasteiger partial charge < -0.3 is 26.2 Å². The van der Waals surface area contributed by atoms with Crippen LogP contribution in [0.15, 0.2) is 0 Å². The van der Waals surface area contributed by atoms with Crippen molar-refractivity contribution in [3.63, 3.8) is 0 Å². The van der Waals surface area contributed by atoms with Gasteiger partial charge in [-0.1, -0.05) is 0 Å². The minimum atomic E-state index is -1.59. The van der Waals surface area contributed by atoms with Crippen LogP contribution in [0.5, 0.6) is 0 Å². The molecule has 0 amide bonds. The number of nitrogens with two attached hydrogens (primary N) is 1. The number of aliphatic hydroxyl groups excluding tert-OH is 1. The Hall–Kier alpha value is -2.00. The average molecular weight is 251 g/mol. The van der Waals surface area contributed by atoms with Crippen LogP contribution in [0, 0.1) is 0 Å². The third kappa shape index (κ3) is 11.9. The predicted octanol–water partition coefficient (Wildman–Crippen LogP) is -2.10. The van der Waals surface area contributed by atoms with Crippen molar-refractivity contribution in [3.05, 3.63) is 0 Å². The van der Waals surface area contributed by atoms with Crippen LogP contribution in [-0.2, 0) is 19.2 Å². The van der Waals surface area contributed by atoms with Crippen LogP contribution in [0.25, 0.3) is 0 Å². The Balaban J connectivity index is 0. The van der Waals surface area contributed by atoms with Crippen molar-refractivity contribution in [2.45, 2.75) is 18.9 Å². The topological polar surface area (TPSA) is 175 Å². The summed E-state index contributed by atoms with van der Waals surface area (Å²) in [7, 11) is 0. The second-order valence-corrected chi connectivity index (χ2v) is 2.76. The first kappa shape index (κ1) is 17.4. The van der Waals surface area contributed by atoms with E-state index < -0.39 is 36.3 Å². The minimum Gasteiger partial charge on any atom is -0.481 e. The third-order valence-corrected chi connectivity index (χ3v) is 1.37. The molecule has 9 nitrogen and oxygen atoms in total. The van der Waals surface area contributed by atoms with E-state index in [-0.39, 0.29) is 12.8 Å². The van der Waals surface area contributed by atoms with Crippen molar-refractivity contribution in [3.8, 4) is 0 Å². The summed E-state index contributed by atoms with van der Waals surface area (Å²) in [4.78, 5) is 39.0. The molecule has 0 aromatic rings. The minimum absolute atomic E-state index is 0.0231. The monoisotopic (exact) mass is 251 g/mol. The largest absolute Gasteiger partial charge is 0.481 e. The van der Waals surface area contributed by atoms with Gasteiger partial charge in [-0.3, -0.25) is 14.4 Å². The van der Waals surface area contributed by atoms with Gasteiger partial charge in [-0.05, 0) is 6.42 Å². The molecule has 98 valence electrons. The number of carboxylic acids is 3. The number of Topliss-reactive ketones (excluding diaryl/α,β-unsaturated/α-hetero) is 1. The molecule has 6 N–H and O–H groups in total. The molecule has 0 rings (SSSR count). The van der Waals surface area contributed by atoms with Crippen LogP contribution in [0.4, 0.5) is 0 Å². The fourth-order valence-corrected chi connectivity index (χ4v) is 0.470. The fourth-order valence-electron chi connectivity index (χ4n) is 0.470. The summed E-state index contributed by atoms with van der Waals surface area (Å²) in [5.41, 5.74) is 5.00. The molecular weight excluding hydrogens is 238 g/mol. The van der Waals surface area contributed by atoms with Gasteiger partial charge in [-0.2, -0.15) is 0 Å². The van der Waals surface area contributed by atoms with E-state index >= 15 is 0 Å². The number of ketones is 1. The molecule has 0 aromatic heterocycles. The Morgan fingerprint density at radius 1 is 1.06 bits per heavy atom. The van der Waals surface area contributed by atoms with Crippen LogP contribution < -0.4 is 5.73 Å². The molecule has 0 spiro atoms. The van der Waals surface area contributed by atoms with Crippen LogP contribution in [0.2, 0.25) is 0 Å². The molecule has 0 radical (unpaired) electrons. The number of carbonyl (C=O) groups excluding carboxylic acids is 1. The highest BCUT2D eigenvalue weighted by Crippen LogP contribution is 1.93. The van der Waals surface area contributed by atoms with Gasteiger partial charge in [0.25, 0.3) is 5.78 Å². The van der Waals surface area contributed by atoms with E-state index in [0.717, 1.165) is 0 Å². The standard InChI is InChI=1S/C5H9NO4.C3H4O4/c6-3(5(9)10)1-2-4(7)8;4-1-2(5)3(6)7/h3H,1-2,6H2,(H,7,8)(H,9,10);4H,1H2,(H,6,7)/t3-;/m0./s1. The number of hydrogen-bond acceptors (Lipinski definition) is 6. The van der Waals surface area contributed by atoms with Crippen molar-refractivity contribution in [1.82, 2.24) is 0 Å². The van der Waals surface area contributed by atoms with E-state index in [1.54, 1.807) is 0 Å². The Bertz CT molecular complexity index is 300. The van der Waals surface area contributed by atoms with Gasteiger partial charge in [-0.15, -0.1) is 0 Å². The van der Waals surface area contributed by atoms with Gasteiger partial charge in [0, 0.05) is 6.42 Å². The van der Waals surface area contributed by atoms with E-state index in [1.807, 2.05) is 0 Å². The van der Waals surface area contributed by atoms with Crippen molar-refractivity contribution in [1.29, 1.82) is 0 Å². The normalized spacial score (nSPS) is 10.7. The van der Waals surface area contributed by atoms with Gasteiger partial charge in [0.1, 0.15) is 12.6 Å². The molecule has 0 unspecified atom stereocenters. The van der Waals surface area contributed by atoms with Crippen molar-refractivity contribution >= 4 is 23.7 Å². The molecule has 0 aromatic carbocycles. The Morgan fingerprint density at radius 3 is 1.71 bits per heavy atom. The van der Waals surface area contributed by atoms with Gasteiger partial charge >= 0.3 is 17.9 Å². The zero-order valence-electron chi connectivity index (χ0n) is 8.70. The smallest absolute Gasteiger partial charge is 0.374 e. The summed E-state index contributed by atoms with van der Waals surface area (Å²) < 4.78 is 0. The zero-order valence-corrected chi connectivity index (χ0v) is 8.70. The number of carboxylic acid groups (broad SMARTS) is 3. The molecule has 0 fully saturated rings. The van der Waals surface area contributed by atoms with Crippen LogP contribution >= 0.6 is 0 Å².